The minimum absolute atomic E-state index is 0.226. The number of hydrogen-bond acceptors (Lipinski definition) is 3. The Labute approximate surface area is 120 Å². The van der Waals surface area contributed by atoms with Crippen LogP contribution < -0.4 is 5.73 Å². The van der Waals surface area contributed by atoms with Gasteiger partial charge in [0, 0.05) is 37.7 Å². The molecular formula is C15H25N5. The lowest BCUT2D eigenvalue weighted by molar-refractivity contribution is 0.552. The highest BCUT2D eigenvalue weighted by molar-refractivity contribution is 5.24. The number of aryl methyl sites for hydroxylation is 4. The molecule has 0 aliphatic heterocycles. The summed E-state index contributed by atoms with van der Waals surface area (Å²) in [6, 6.07) is 2.28. The average molecular weight is 275 g/mol. The molecule has 2 heterocycles. The van der Waals surface area contributed by atoms with E-state index in [0.29, 0.717) is 0 Å². The molecule has 5 heteroatoms. The van der Waals surface area contributed by atoms with Gasteiger partial charge in [-0.2, -0.15) is 10.2 Å². The van der Waals surface area contributed by atoms with Gasteiger partial charge < -0.3 is 5.73 Å². The molecule has 2 aromatic heterocycles. The summed E-state index contributed by atoms with van der Waals surface area (Å²) in [6.45, 7) is 4.19. The maximum absolute atomic E-state index is 6.24. The number of aromatic nitrogens is 4. The predicted octanol–water partition coefficient (Wildman–Crippen LogP) is 1.66. The van der Waals surface area contributed by atoms with E-state index in [2.05, 4.69) is 30.1 Å². The molecule has 0 spiro atoms. The van der Waals surface area contributed by atoms with Crippen molar-refractivity contribution in [2.24, 2.45) is 19.8 Å². The molecule has 20 heavy (non-hydrogen) atoms. The maximum atomic E-state index is 6.24. The van der Waals surface area contributed by atoms with Crippen LogP contribution in [0.3, 0.4) is 0 Å². The molecule has 2 rings (SSSR count). The first kappa shape index (κ1) is 14.8. The summed E-state index contributed by atoms with van der Waals surface area (Å²) in [7, 11) is 3.97. The normalized spacial score (nSPS) is 12.8. The van der Waals surface area contributed by atoms with Crippen LogP contribution in [0.2, 0.25) is 0 Å². The highest BCUT2D eigenvalue weighted by Gasteiger charge is 2.11. The second kappa shape index (κ2) is 6.22. The monoisotopic (exact) mass is 275 g/mol. The zero-order valence-corrected chi connectivity index (χ0v) is 12.9. The zero-order chi connectivity index (χ0) is 14.7. The van der Waals surface area contributed by atoms with Crippen molar-refractivity contribution in [1.29, 1.82) is 0 Å². The van der Waals surface area contributed by atoms with Crippen LogP contribution in [0, 0.1) is 13.8 Å². The fourth-order valence-corrected chi connectivity index (χ4v) is 2.63. The molecule has 0 aliphatic carbocycles. The number of nitrogens with zero attached hydrogens (tertiary/aromatic N) is 4. The van der Waals surface area contributed by atoms with E-state index in [0.717, 1.165) is 31.4 Å². The molecule has 110 valence electrons. The summed E-state index contributed by atoms with van der Waals surface area (Å²) in [6.07, 6.45) is 5.84. The number of rotatable bonds is 6. The Balaban J connectivity index is 1.83. The van der Waals surface area contributed by atoms with Crippen LogP contribution in [0.4, 0.5) is 0 Å². The molecule has 0 radical (unpaired) electrons. The molecule has 0 fully saturated rings. The third-order valence-corrected chi connectivity index (χ3v) is 4.12. The quantitative estimate of drug-likeness (QED) is 0.872. The second-order valence-electron chi connectivity index (χ2n) is 5.56. The average Bonchev–Trinajstić information content (AvgIpc) is 2.91. The third kappa shape index (κ3) is 3.28. The first-order valence-electron chi connectivity index (χ1n) is 7.20. The third-order valence-electron chi connectivity index (χ3n) is 4.12. The summed E-state index contributed by atoms with van der Waals surface area (Å²) in [5.41, 5.74) is 11.2. The van der Waals surface area contributed by atoms with Crippen molar-refractivity contribution in [2.75, 3.05) is 0 Å². The van der Waals surface area contributed by atoms with Gasteiger partial charge in [0.15, 0.2) is 0 Å². The van der Waals surface area contributed by atoms with Crippen LogP contribution in [0.25, 0.3) is 0 Å². The van der Waals surface area contributed by atoms with Crippen molar-refractivity contribution in [2.45, 2.75) is 45.6 Å². The SMILES string of the molecule is Cc1nn(C)c(C)c1CCC(N)CCc1ccnn1C. The Kier molecular flexibility index (Phi) is 4.60. The van der Waals surface area contributed by atoms with E-state index in [-0.39, 0.29) is 6.04 Å². The van der Waals surface area contributed by atoms with Gasteiger partial charge >= 0.3 is 0 Å². The highest BCUT2D eigenvalue weighted by atomic mass is 15.3. The Morgan fingerprint density at radius 2 is 1.85 bits per heavy atom. The van der Waals surface area contributed by atoms with Crippen molar-refractivity contribution < 1.29 is 0 Å². The Morgan fingerprint density at radius 3 is 2.40 bits per heavy atom. The molecular weight excluding hydrogens is 250 g/mol. The van der Waals surface area contributed by atoms with Crippen LogP contribution in [-0.4, -0.2) is 25.6 Å². The van der Waals surface area contributed by atoms with Crippen molar-refractivity contribution >= 4 is 0 Å². The molecule has 0 amide bonds. The molecule has 0 bridgehead atoms. The number of hydrogen-bond donors (Lipinski definition) is 1. The van der Waals surface area contributed by atoms with Gasteiger partial charge in [0.05, 0.1) is 5.69 Å². The molecule has 0 saturated carbocycles. The van der Waals surface area contributed by atoms with Gasteiger partial charge in [-0.15, -0.1) is 0 Å². The van der Waals surface area contributed by atoms with Crippen molar-refractivity contribution in [3.05, 3.63) is 34.9 Å². The minimum Gasteiger partial charge on any atom is -0.328 e. The predicted molar refractivity (Wildman–Crippen MR) is 80.5 cm³/mol. The van der Waals surface area contributed by atoms with Gasteiger partial charge in [-0.25, -0.2) is 0 Å². The van der Waals surface area contributed by atoms with E-state index in [1.807, 2.05) is 29.7 Å². The lowest BCUT2D eigenvalue weighted by Gasteiger charge is -2.11. The summed E-state index contributed by atoms with van der Waals surface area (Å²) in [4.78, 5) is 0. The van der Waals surface area contributed by atoms with Crippen molar-refractivity contribution in [1.82, 2.24) is 19.6 Å². The van der Waals surface area contributed by atoms with Gasteiger partial charge in [-0.1, -0.05) is 0 Å². The van der Waals surface area contributed by atoms with Crippen LogP contribution in [0.1, 0.15) is 35.5 Å². The highest BCUT2D eigenvalue weighted by Crippen LogP contribution is 2.16. The van der Waals surface area contributed by atoms with E-state index in [1.165, 1.54) is 17.0 Å². The topological polar surface area (TPSA) is 61.7 Å². The van der Waals surface area contributed by atoms with E-state index >= 15 is 0 Å². The lowest BCUT2D eigenvalue weighted by atomic mass is 10.0. The lowest BCUT2D eigenvalue weighted by Crippen LogP contribution is -2.22. The molecule has 5 nitrogen and oxygen atoms in total. The van der Waals surface area contributed by atoms with E-state index in [9.17, 15) is 0 Å². The molecule has 2 N–H and O–H groups in total. The second-order valence-corrected chi connectivity index (χ2v) is 5.56. The maximum Gasteiger partial charge on any atom is 0.0628 e. The molecule has 0 aliphatic rings. The molecule has 0 aromatic carbocycles. The summed E-state index contributed by atoms with van der Waals surface area (Å²) < 4.78 is 3.87. The van der Waals surface area contributed by atoms with Crippen LogP contribution in [0.5, 0.6) is 0 Å². The summed E-state index contributed by atoms with van der Waals surface area (Å²) >= 11 is 0. The zero-order valence-electron chi connectivity index (χ0n) is 12.9. The van der Waals surface area contributed by atoms with Crippen molar-refractivity contribution in [3.8, 4) is 0 Å². The van der Waals surface area contributed by atoms with Crippen LogP contribution >= 0.6 is 0 Å². The fraction of sp³-hybridized carbons (Fsp3) is 0.600. The Hall–Kier alpha value is -1.62. The van der Waals surface area contributed by atoms with Crippen LogP contribution in [-0.2, 0) is 26.9 Å². The largest absolute Gasteiger partial charge is 0.328 e. The van der Waals surface area contributed by atoms with Crippen molar-refractivity contribution in [3.63, 3.8) is 0 Å². The molecule has 2 aromatic rings. The van der Waals surface area contributed by atoms with Crippen LogP contribution in [0.15, 0.2) is 12.3 Å². The van der Waals surface area contributed by atoms with Gasteiger partial charge in [0.25, 0.3) is 0 Å². The first-order valence-corrected chi connectivity index (χ1v) is 7.20. The number of nitrogens with two attached hydrogens (primary N) is 1. The first-order chi connectivity index (χ1) is 9.49. The smallest absolute Gasteiger partial charge is 0.0628 e. The molecule has 1 atom stereocenters. The van der Waals surface area contributed by atoms with Gasteiger partial charge in [0.2, 0.25) is 0 Å². The standard InChI is InChI=1S/C15H25N5/c1-11-15(12(2)19(3)18-11)8-6-13(16)5-7-14-9-10-17-20(14)4/h9-10,13H,5-8,16H2,1-4H3. The fourth-order valence-electron chi connectivity index (χ4n) is 2.63. The molecule has 0 saturated heterocycles. The minimum atomic E-state index is 0.226. The summed E-state index contributed by atoms with van der Waals surface area (Å²) in [5, 5.41) is 8.63. The summed E-state index contributed by atoms with van der Waals surface area (Å²) in [5.74, 6) is 0. The Bertz CT molecular complexity index is 567. The van der Waals surface area contributed by atoms with E-state index < -0.39 is 0 Å². The Morgan fingerprint density at radius 1 is 1.15 bits per heavy atom. The molecule has 1 unspecified atom stereocenters. The van der Waals surface area contributed by atoms with E-state index in [1.54, 1.807) is 0 Å². The van der Waals surface area contributed by atoms with E-state index in [4.69, 9.17) is 5.73 Å². The van der Waals surface area contributed by atoms with Gasteiger partial charge in [0.1, 0.15) is 0 Å². The van der Waals surface area contributed by atoms with Gasteiger partial charge in [-0.05, 0) is 51.2 Å². The van der Waals surface area contributed by atoms with Gasteiger partial charge in [-0.3, -0.25) is 9.36 Å².